The highest BCUT2D eigenvalue weighted by Crippen LogP contribution is 2.24. The molecule has 260 valence electrons. The van der Waals surface area contributed by atoms with Gasteiger partial charge in [-0.3, -0.25) is 24.0 Å². The number of piperazine rings is 1. The van der Waals surface area contributed by atoms with E-state index in [9.17, 15) is 23.6 Å². The zero-order chi connectivity index (χ0) is 35.0. The minimum atomic E-state index is -0.781. The van der Waals surface area contributed by atoms with Gasteiger partial charge in [0.25, 0.3) is 5.56 Å². The molecule has 1 amide bonds. The standard InChI is InChI=1S/C39H41FN4O6/c40-30-15-13-29(14-16-30)36(46)33-19-20-35(45)44(37(33)41)31-17-11-27(12-18-31)21-22-42-23-24-43(39(48)49-26-28-7-3-1-4-8-28)34(25-42)38(47)50-32-9-5-2-6-10-32/h1,3-4,7-8,11-20,32,34H,2,5-6,9-10,21-26,41H2. The molecule has 4 aromatic rings. The minimum absolute atomic E-state index is 0.00843. The number of hydrogen-bond acceptors (Lipinski definition) is 8. The van der Waals surface area contributed by atoms with Gasteiger partial charge in [-0.2, -0.15) is 0 Å². The van der Waals surface area contributed by atoms with Crippen LogP contribution in [0.15, 0.2) is 95.8 Å². The Labute approximate surface area is 290 Å². The van der Waals surface area contributed by atoms with E-state index in [1.165, 1.54) is 45.9 Å². The zero-order valence-corrected chi connectivity index (χ0v) is 27.8. The summed E-state index contributed by atoms with van der Waals surface area (Å²) in [5, 5.41) is 0. The summed E-state index contributed by atoms with van der Waals surface area (Å²) < 4.78 is 26.2. The number of halogens is 1. The van der Waals surface area contributed by atoms with E-state index in [0.717, 1.165) is 43.2 Å². The lowest BCUT2D eigenvalue weighted by Gasteiger charge is -2.40. The molecule has 1 aliphatic heterocycles. The van der Waals surface area contributed by atoms with E-state index in [1.54, 1.807) is 12.1 Å². The summed E-state index contributed by atoms with van der Waals surface area (Å²) in [4.78, 5) is 56.3. The summed E-state index contributed by atoms with van der Waals surface area (Å²) in [5.41, 5.74) is 8.70. The molecule has 50 heavy (non-hydrogen) atoms. The fourth-order valence-electron chi connectivity index (χ4n) is 6.56. The quantitative estimate of drug-likeness (QED) is 0.171. The third-order valence-electron chi connectivity index (χ3n) is 9.40. The van der Waals surface area contributed by atoms with Gasteiger partial charge < -0.3 is 15.2 Å². The third kappa shape index (κ3) is 8.28. The number of aromatic nitrogens is 1. The highest BCUT2D eigenvalue weighted by molar-refractivity contribution is 6.11. The second-order valence-corrected chi connectivity index (χ2v) is 12.8. The Bertz CT molecular complexity index is 1860. The van der Waals surface area contributed by atoms with Gasteiger partial charge in [-0.05, 0) is 85.7 Å². The first-order chi connectivity index (χ1) is 24.3. The molecule has 1 saturated heterocycles. The van der Waals surface area contributed by atoms with Crippen molar-refractivity contribution < 1.29 is 28.2 Å². The summed E-state index contributed by atoms with van der Waals surface area (Å²) in [6.45, 7) is 1.96. The highest BCUT2D eigenvalue weighted by Gasteiger charge is 2.38. The average Bonchev–Trinajstić information content (AvgIpc) is 3.14. The number of amides is 1. The lowest BCUT2D eigenvalue weighted by molar-refractivity contribution is -0.158. The largest absolute Gasteiger partial charge is 0.461 e. The molecule has 1 atom stereocenters. The number of nitrogen functional groups attached to an aromatic ring is 1. The molecule has 1 aliphatic carbocycles. The molecule has 0 spiro atoms. The van der Waals surface area contributed by atoms with E-state index in [2.05, 4.69) is 4.90 Å². The fraction of sp³-hybridized carbons (Fsp3) is 0.333. The van der Waals surface area contributed by atoms with Gasteiger partial charge in [0.1, 0.15) is 30.4 Å². The normalized spacial score (nSPS) is 16.9. The zero-order valence-electron chi connectivity index (χ0n) is 27.8. The maximum absolute atomic E-state index is 13.5. The molecule has 6 rings (SSSR count). The second-order valence-electron chi connectivity index (χ2n) is 12.8. The van der Waals surface area contributed by atoms with Crippen molar-refractivity contribution in [2.75, 3.05) is 31.9 Å². The monoisotopic (exact) mass is 680 g/mol. The maximum atomic E-state index is 13.5. The molecule has 1 aromatic heterocycles. The van der Waals surface area contributed by atoms with E-state index in [0.29, 0.717) is 38.3 Å². The summed E-state index contributed by atoms with van der Waals surface area (Å²) in [6.07, 6.45) is 4.85. The molecule has 11 heteroatoms. The summed E-state index contributed by atoms with van der Waals surface area (Å²) in [6, 6.07) is 23.8. The summed E-state index contributed by atoms with van der Waals surface area (Å²) in [7, 11) is 0. The predicted molar refractivity (Wildman–Crippen MR) is 187 cm³/mol. The van der Waals surface area contributed by atoms with Crippen LogP contribution in [-0.4, -0.2) is 70.5 Å². The Morgan fingerprint density at radius 2 is 1.54 bits per heavy atom. The van der Waals surface area contributed by atoms with Crippen LogP contribution in [0, 0.1) is 5.82 Å². The fourth-order valence-corrected chi connectivity index (χ4v) is 6.56. The van der Waals surface area contributed by atoms with Gasteiger partial charge in [0.05, 0.1) is 11.3 Å². The van der Waals surface area contributed by atoms with Gasteiger partial charge in [0.2, 0.25) is 0 Å². The molecule has 0 radical (unpaired) electrons. The molecule has 1 saturated carbocycles. The van der Waals surface area contributed by atoms with Crippen molar-refractivity contribution in [1.82, 2.24) is 14.4 Å². The lowest BCUT2D eigenvalue weighted by Crippen LogP contribution is -2.59. The first kappa shape index (κ1) is 34.6. The van der Waals surface area contributed by atoms with Crippen LogP contribution in [0.4, 0.5) is 15.0 Å². The maximum Gasteiger partial charge on any atom is 0.410 e. The van der Waals surface area contributed by atoms with Gasteiger partial charge in [0.15, 0.2) is 5.78 Å². The van der Waals surface area contributed by atoms with E-state index in [1.807, 2.05) is 42.5 Å². The van der Waals surface area contributed by atoms with Crippen molar-refractivity contribution in [3.8, 4) is 5.69 Å². The van der Waals surface area contributed by atoms with Gasteiger partial charge in [-0.1, -0.05) is 48.9 Å². The molecule has 0 bridgehead atoms. The summed E-state index contributed by atoms with van der Waals surface area (Å²) >= 11 is 0. The summed E-state index contributed by atoms with van der Waals surface area (Å²) in [5.74, 6) is -1.28. The molecule has 2 aliphatic rings. The molecule has 10 nitrogen and oxygen atoms in total. The molecule has 2 fully saturated rings. The van der Waals surface area contributed by atoms with E-state index in [-0.39, 0.29) is 29.7 Å². The molecule has 2 N–H and O–H groups in total. The predicted octanol–water partition coefficient (Wildman–Crippen LogP) is 5.53. The smallest absolute Gasteiger partial charge is 0.410 e. The number of carbonyl (C=O) groups excluding carboxylic acids is 3. The van der Waals surface area contributed by atoms with Crippen LogP contribution in [0.25, 0.3) is 5.69 Å². The van der Waals surface area contributed by atoms with Crippen molar-refractivity contribution in [3.05, 3.63) is 129 Å². The van der Waals surface area contributed by atoms with Gasteiger partial charge >= 0.3 is 12.1 Å². The molecular formula is C39H41FN4O6. The Balaban J connectivity index is 1.11. The Hall–Kier alpha value is -5.29. The molecule has 1 unspecified atom stereocenters. The number of pyridine rings is 1. The van der Waals surface area contributed by atoms with Gasteiger partial charge in [0, 0.05) is 37.8 Å². The Morgan fingerprint density at radius 1 is 0.820 bits per heavy atom. The number of ketones is 1. The Morgan fingerprint density at radius 3 is 2.26 bits per heavy atom. The van der Waals surface area contributed by atoms with Crippen molar-refractivity contribution in [2.45, 2.75) is 57.3 Å². The van der Waals surface area contributed by atoms with Gasteiger partial charge in [-0.25, -0.2) is 14.0 Å². The number of benzene rings is 3. The Kier molecular flexibility index (Phi) is 11.0. The van der Waals surface area contributed by atoms with Crippen LogP contribution in [0.2, 0.25) is 0 Å². The topological polar surface area (TPSA) is 124 Å². The second kappa shape index (κ2) is 15.9. The SMILES string of the molecule is Nc1c(C(=O)c2ccc(F)cc2)ccc(=O)n1-c1ccc(CCN2CCN(C(=O)OCc3ccccc3)C(C(=O)OC3CCCCC3)C2)cc1. The van der Waals surface area contributed by atoms with E-state index < -0.39 is 35.3 Å². The first-order valence-electron chi connectivity index (χ1n) is 17.1. The first-order valence-corrected chi connectivity index (χ1v) is 17.1. The van der Waals surface area contributed by atoms with E-state index >= 15 is 0 Å². The third-order valence-corrected chi connectivity index (χ3v) is 9.40. The number of nitrogens with zero attached hydrogens (tertiary/aromatic N) is 3. The number of anilines is 1. The van der Waals surface area contributed by atoms with Crippen LogP contribution in [0.5, 0.6) is 0 Å². The number of ether oxygens (including phenoxy) is 2. The van der Waals surface area contributed by atoms with Crippen molar-refractivity contribution in [2.24, 2.45) is 0 Å². The average molecular weight is 681 g/mol. The van der Waals surface area contributed by atoms with Crippen molar-refractivity contribution >= 4 is 23.7 Å². The number of hydrogen-bond donors (Lipinski definition) is 1. The van der Waals surface area contributed by atoms with Crippen molar-refractivity contribution in [1.29, 1.82) is 0 Å². The molecule has 3 aromatic carbocycles. The molecule has 2 heterocycles. The molecular weight excluding hydrogens is 639 g/mol. The number of rotatable bonds is 10. The lowest BCUT2D eigenvalue weighted by atomic mass is 9.98. The van der Waals surface area contributed by atoms with Crippen LogP contribution in [0.1, 0.15) is 59.2 Å². The minimum Gasteiger partial charge on any atom is -0.461 e. The highest BCUT2D eigenvalue weighted by atomic mass is 19.1. The van der Waals surface area contributed by atoms with Crippen LogP contribution < -0.4 is 11.3 Å². The van der Waals surface area contributed by atoms with Crippen molar-refractivity contribution in [3.63, 3.8) is 0 Å². The van der Waals surface area contributed by atoms with Gasteiger partial charge in [-0.15, -0.1) is 0 Å². The van der Waals surface area contributed by atoms with E-state index in [4.69, 9.17) is 15.2 Å². The van der Waals surface area contributed by atoms with Crippen LogP contribution in [-0.2, 0) is 27.3 Å². The number of esters is 1. The van der Waals surface area contributed by atoms with Crippen LogP contribution in [0.3, 0.4) is 0 Å². The number of carbonyl (C=O) groups is 3. The number of nitrogens with two attached hydrogens (primary N) is 1. The van der Waals surface area contributed by atoms with Crippen LogP contribution >= 0.6 is 0 Å².